The first-order valence-corrected chi connectivity index (χ1v) is 13.3. The van der Waals surface area contributed by atoms with E-state index >= 15 is 4.39 Å². The third-order valence-electron chi connectivity index (χ3n) is 7.78. The highest BCUT2D eigenvalue weighted by Crippen LogP contribution is 2.36. The number of nitrogens with zero attached hydrogens (tertiary/aromatic N) is 6. The van der Waals surface area contributed by atoms with Crippen LogP contribution in [0.3, 0.4) is 0 Å². The number of nitrogens with one attached hydrogen (secondary N) is 2. The molecule has 0 aliphatic carbocycles. The smallest absolute Gasteiger partial charge is 0.318 e. The number of piperazine rings is 1. The molecule has 1 aromatic carbocycles. The Morgan fingerprint density at radius 2 is 2.03 bits per heavy atom. The quantitative estimate of drug-likeness (QED) is 0.411. The molecule has 3 fully saturated rings. The highest BCUT2D eigenvalue weighted by Gasteiger charge is 2.34. The van der Waals surface area contributed by atoms with Gasteiger partial charge in [-0.1, -0.05) is 6.07 Å². The number of anilines is 1. The number of hydrogen-bond donors (Lipinski definition) is 2. The number of hydrogen-bond acceptors (Lipinski definition) is 8. The van der Waals surface area contributed by atoms with Crippen LogP contribution in [0.25, 0.3) is 33.1 Å². The Hall–Kier alpha value is -3.88. The highest BCUT2D eigenvalue weighted by atomic mass is 19.1. The maximum Gasteiger partial charge on any atom is 0.318 e. The maximum absolute atomic E-state index is 15.7. The zero-order chi connectivity index (χ0) is 26.9. The standard InChI is InChI=1S/C21H18FN7O.C7H12FN/c1-30-21-27-19-14(20(28-21)29-7-5-24-6-8-29)11-26-18(17(19)22)13-10-25-15-4-2-3-12(9-23)16(13)15;8-6-4-7-2-1-3-9(7)5-6/h2-4,10-11,24-25H,5-8H2,1H3;6-7H,1-5H2. The van der Waals surface area contributed by atoms with Crippen LogP contribution in [0.5, 0.6) is 6.01 Å². The molecule has 2 N–H and O–H groups in total. The van der Waals surface area contributed by atoms with E-state index in [9.17, 15) is 9.65 Å². The number of H-pyrrole nitrogens is 1. The van der Waals surface area contributed by atoms with Crippen LogP contribution in [0, 0.1) is 17.1 Å². The zero-order valence-electron chi connectivity index (χ0n) is 21.8. The molecule has 4 aromatic rings. The fraction of sp³-hybridized carbons (Fsp3) is 0.429. The van der Waals surface area contributed by atoms with Crippen LogP contribution in [0.1, 0.15) is 24.8 Å². The average molecular weight is 533 g/mol. The van der Waals surface area contributed by atoms with Gasteiger partial charge in [0.2, 0.25) is 0 Å². The normalized spacial score (nSPS) is 21.0. The molecule has 11 heteroatoms. The van der Waals surface area contributed by atoms with Crippen LogP contribution in [0.2, 0.25) is 0 Å². The van der Waals surface area contributed by atoms with E-state index in [1.165, 1.54) is 20.0 Å². The van der Waals surface area contributed by atoms with E-state index in [1.807, 2.05) is 6.07 Å². The molecule has 0 radical (unpaired) electrons. The van der Waals surface area contributed by atoms with E-state index in [4.69, 9.17) is 4.74 Å². The molecule has 202 valence electrons. The summed E-state index contributed by atoms with van der Waals surface area (Å²) in [6.07, 6.45) is 6.07. The minimum atomic E-state index is -0.571. The molecule has 7 rings (SSSR count). The van der Waals surface area contributed by atoms with Gasteiger partial charge < -0.3 is 19.9 Å². The second-order valence-electron chi connectivity index (χ2n) is 10.1. The van der Waals surface area contributed by atoms with Crippen LogP contribution in [0.4, 0.5) is 14.6 Å². The Labute approximate surface area is 224 Å². The van der Waals surface area contributed by atoms with E-state index in [-0.39, 0.29) is 17.2 Å². The van der Waals surface area contributed by atoms with E-state index in [1.54, 1.807) is 24.5 Å². The van der Waals surface area contributed by atoms with Gasteiger partial charge in [-0.2, -0.15) is 15.2 Å². The van der Waals surface area contributed by atoms with Crippen molar-refractivity contribution in [3.63, 3.8) is 0 Å². The molecule has 9 nitrogen and oxygen atoms in total. The van der Waals surface area contributed by atoms with Crippen LogP contribution < -0.4 is 15.0 Å². The highest BCUT2D eigenvalue weighted by molar-refractivity contribution is 6.01. The largest absolute Gasteiger partial charge is 0.467 e. The summed E-state index contributed by atoms with van der Waals surface area (Å²) in [5.41, 5.74) is 1.98. The Morgan fingerprint density at radius 3 is 2.79 bits per heavy atom. The Kier molecular flexibility index (Phi) is 6.97. The number of nitriles is 1. The zero-order valence-corrected chi connectivity index (χ0v) is 21.8. The van der Waals surface area contributed by atoms with Crippen molar-refractivity contribution in [3.8, 4) is 23.3 Å². The van der Waals surface area contributed by atoms with Gasteiger partial charge in [0.05, 0.1) is 24.1 Å². The predicted octanol–water partition coefficient (Wildman–Crippen LogP) is 3.79. The molecule has 3 aliphatic rings. The lowest BCUT2D eigenvalue weighted by Crippen LogP contribution is -2.44. The van der Waals surface area contributed by atoms with Crippen molar-refractivity contribution in [1.29, 1.82) is 5.26 Å². The fourth-order valence-corrected chi connectivity index (χ4v) is 5.91. The Bertz CT molecular complexity index is 1530. The van der Waals surface area contributed by atoms with Gasteiger partial charge in [0.1, 0.15) is 23.2 Å². The monoisotopic (exact) mass is 532 g/mol. The summed E-state index contributed by atoms with van der Waals surface area (Å²) in [5.74, 6) is 0.0335. The number of pyridine rings is 1. The molecule has 39 heavy (non-hydrogen) atoms. The molecule has 2 atom stereocenters. The van der Waals surface area contributed by atoms with Crippen LogP contribution in [-0.2, 0) is 0 Å². The van der Waals surface area contributed by atoms with Gasteiger partial charge >= 0.3 is 6.01 Å². The lowest BCUT2D eigenvalue weighted by molar-refractivity contribution is 0.292. The van der Waals surface area contributed by atoms with E-state index in [0.29, 0.717) is 40.3 Å². The molecule has 0 amide bonds. The van der Waals surface area contributed by atoms with Crippen molar-refractivity contribution >= 4 is 27.6 Å². The number of rotatable bonds is 3. The van der Waals surface area contributed by atoms with Crippen molar-refractivity contribution in [1.82, 2.24) is 30.2 Å². The SMILES string of the molecule is COc1nc(N2CCNCC2)c2cnc(-c3c[nH]c4cccc(C#N)c34)c(F)c2n1.FC1CC2CCCN2C1. The van der Waals surface area contributed by atoms with E-state index in [0.717, 1.165) is 44.7 Å². The molecule has 0 saturated carbocycles. The summed E-state index contributed by atoms with van der Waals surface area (Å²) in [4.78, 5) is 20.6. The van der Waals surface area contributed by atoms with E-state index < -0.39 is 12.0 Å². The molecule has 6 heterocycles. The van der Waals surface area contributed by atoms with Crippen molar-refractivity contribution in [3.05, 3.63) is 42.0 Å². The van der Waals surface area contributed by atoms with Crippen molar-refractivity contribution in [2.45, 2.75) is 31.5 Å². The number of aromatic amines is 1. The lowest BCUT2D eigenvalue weighted by Gasteiger charge is -2.29. The topological polar surface area (TPSA) is 106 Å². The van der Waals surface area contributed by atoms with Gasteiger partial charge in [0.15, 0.2) is 5.82 Å². The van der Waals surface area contributed by atoms with Gasteiger partial charge in [0.25, 0.3) is 0 Å². The summed E-state index contributed by atoms with van der Waals surface area (Å²) < 4.78 is 33.6. The summed E-state index contributed by atoms with van der Waals surface area (Å²) in [5, 5.41) is 13.9. The van der Waals surface area contributed by atoms with Crippen LogP contribution in [-0.4, -0.2) is 83.4 Å². The summed E-state index contributed by atoms with van der Waals surface area (Å²) >= 11 is 0. The minimum Gasteiger partial charge on any atom is -0.467 e. The number of aromatic nitrogens is 4. The van der Waals surface area contributed by atoms with Crippen molar-refractivity contribution in [2.24, 2.45) is 0 Å². The number of benzene rings is 1. The van der Waals surface area contributed by atoms with Gasteiger partial charge in [-0.05, 0) is 37.9 Å². The number of ether oxygens (including phenoxy) is 1. The predicted molar refractivity (Wildman–Crippen MR) is 145 cm³/mol. The number of alkyl halides is 1. The molecule has 0 spiro atoms. The fourth-order valence-electron chi connectivity index (χ4n) is 5.91. The molecule has 3 aliphatic heterocycles. The van der Waals surface area contributed by atoms with Crippen LogP contribution in [0.15, 0.2) is 30.6 Å². The van der Waals surface area contributed by atoms with E-state index in [2.05, 4.69) is 41.1 Å². The molecule has 2 unspecified atom stereocenters. The average Bonchev–Trinajstić information content (AvgIpc) is 3.69. The molecule has 3 saturated heterocycles. The second kappa shape index (κ2) is 10.7. The first-order valence-electron chi connectivity index (χ1n) is 13.3. The van der Waals surface area contributed by atoms with Crippen LogP contribution >= 0.6 is 0 Å². The van der Waals surface area contributed by atoms with Crippen molar-refractivity contribution in [2.75, 3.05) is 51.3 Å². The molecular formula is C28H30F2N8O. The summed E-state index contributed by atoms with van der Waals surface area (Å²) in [6, 6.07) is 8.20. The molecule has 3 aromatic heterocycles. The number of methoxy groups -OCH3 is 1. The van der Waals surface area contributed by atoms with Gasteiger partial charge in [-0.15, -0.1) is 0 Å². The minimum absolute atomic E-state index is 0.101. The summed E-state index contributed by atoms with van der Waals surface area (Å²) in [7, 11) is 1.46. The third kappa shape index (κ3) is 4.75. The van der Waals surface area contributed by atoms with Gasteiger partial charge in [0, 0.05) is 67.6 Å². The van der Waals surface area contributed by atoms with Gasteiger partial charge in [-0.25, -0.2) is 8.78 Å². The second-order valence-corrected chi connectivity index (χ2v) is 10.1. The Morgan fingerprint density at radius 1 is 1.18 bits per heavy atom. The number of halogens is 2. The van der Waals surface area contributed by atoms with Crippen molar-refractivity contribution < 1.29 is 13.5 Å². The Balaban J connectivity index is 0.000000258. The van der Waals surface area contributed by atoms with Gasteiger partial charge in [-0.3, -0.25) is 9.88 Å². The lowest BCUT2D eigenvalue weighted by atomic mass is 10.0. The third-order valence-corrected chi connectivity index (χ3v) is 7.78. The molecule has 0 bridgehead atoms. The first kappa shape index (κ1) is 25.4. The summed E-state index contributed by atoms with van der Waals surface area (Å²) in [6.45, 7) is 4.97. The molecular weight excluding hydrogens is 502 g/mol. The maximum atomic E-state index is 15.7. The number of fused-ring (bicyclic) bond motifs is 3. The first-order chi connectivity index (χ1) is 19.1.